The van der Waals surface area contributed by atoms with Crippen LogP contribution < -0.4 is 5.73 Å². The quantitative estimate of drug-likeness (QED) is 0.790. The van der Waals surface area contributed by atoms with Crippen LogP contribution in [0.25, 0.3) is 11.3 Å². The zero-order valence-corrected chi connectivity index (χ0v) is 11.1. The van der Waals surface area contributed by atoms with Crippen molar-refractivity contribution in [1.29, 1.82) is 0 Å². The molecule has 5 nitrogen and oxygen atoms in total. The highest BCUT2D eigenvalue weighted by molar-refractivity contribution is 5.72. The van der Waals surface area contributed by atoms with E-state index in [-0.39, 0.29) is 6.04 Å². The number of nitrogens with two attached hydrogens (primary N) is 1. The van der Waals surface area contributed by atoms with Crippen LogP contribution in [0.4, 0.5) is 5.69 Å². The normalized spacial score (nSPS) is 12.2. The Bertz CT molecular complexity index is 705. The lowest BCUT2D eigenvalue weighted by molar-refractivity contribution is 0.626. The molecule has 20 heavy (non-hydrogen) atoms. The average molecular weight is 265 g/mol. The molecule has 3 heterocycles. The van der Waals surface area contributed by atoms with Crippen LogP contribution in [0.15, 0.2) is 55.4 Å². The van der Waals surface area contributed by atoms with E-state index in [0.29, 0.717) is 5.69 Å². The molecule has 100 valence electrons. The fourth-order valence-electron chi connectivity index (χ4n) is 2.21. The van der Waals surface area contributed by atoms with E-state index in [2.05, 4.69) is 26.4 Å². The maximum atomic E-state index is 6.02. The fourth-order valence-corrected chi connectivity index (χ4v) is 2.21. The summed E-state index contributed by atoms with van der Waals surface area (Å²) in [6.45, 7) is 2.08. The molecule has 3 aromatic heterocycles. The molecule has 0 saturated carbocycles. The number of nitrogen functional groups attached to an aromatic ring is 1. The maximum absolute atomic E-state index is 6.02. The summed E-state index contributed by atoms with van der Waals surface area (Å²) in [5, 5.41) is 0. The van der Waals surface area contributed by atoms with Crippen molar-refractivity contribution in [1.82, 2.24) is 19.5 Å². The van der Waals surface area contributed by atoms with Crippen LogP contribution in [-0.4, -0.2) is 19.5 Å². The molecule has 2 N–H and O–H groups in total. The zero-order chi connectivity index (χ0) is 13.9. The van der Waals surface area contributed by atoms with E-state index >= 15 is 0 Å². The van der Waals surface area contributed by atoms with Gasteiger partial charge in [-0.15, -0.1) is 0 Å². The Hall–Kier alpha value is -2.69. The summed E-state index contributed by atoms with van der Waals surface area (Å²) < 4.78 is 2.05. The van der Waals surface area contributed by atoms with Gasteiger partial charge in [0.15, 0.2) is 0 Å². The second-order valence-corrected chi connectivity index (χ2v) is 4.58. The molecule has 1 unspecified atom stereocenters. The van der Waals surface area contributed by atoms with Crippen LogP contribution in [-0.2, 0) is 0 Å². The Morgan fingerprint density at radius 3 is 2.75 bits per heavy atom. The van der Waals surface area contributed by atoms with E-state index < -0.39 is 0 Å². The minimum atomic E-state index is 0.0771. The van der Waals surface area contributed by atoms with E-state index in [9.17, 15) is 0 Å². The summed E-state index contributed by atoms with van der Waals surface area (Å²) in [5.41, 5.74) is 9.51. The molecule has 0 spiro atoms. The predicted molar refractivity (Wildman–Crippen MR) is 77.9 cm³/mol. The number of rotatable bonds is 3. The van der Waals surface area contributed by atoms with Crippen molar-refractivity contribution >= 4 is 5.69 Å². The molecule has 3 aromatic rings. The number of pyridine rings is 2. The Morgan fingerprint density at radius 2 is 2.00 bits per heavy atom. The van der Waals surface area contributed by atoms with Gasteiger partial charge in [-0.2, -0.15) is 0 Å². The molecule has 0 aliphatic heterocycles. The molecule has 3 rings (SSSR count). The Labute approximate surface area is 117 Å². The summed E-state index contributed by atoms with van der Waals surface area (Å²) in [6.07, 6.45) is 8.82. The molecule has 0 fully saturated rings. The van der Waals surface area contributed by atoms with Crippen LogP contribution in [0.2, 0.25) is 0 Å². The first-order chi connectivity index (χ1) is 9.77. The highest BCUT2D eigenvalue weighted by Gasteiger charge is 2.15. The smallest absolute Gasteiger partial charge is 0.0957 e. The lowest BCUT2D eigenvalue weighted by atomic mass is 10.1. The van der Waals surface area contributed by atoms with Gasteiger partial charge in [-0.25, -0.2) is 4.98 Å². The van der Waals surface area contributed by atoms with Crippen LogP contribution in [0.5, 0.6) is 0 Å². The van der Waals surface area contributed by atoms with Gasteiger partial charge in [-0.1, -0.05) is 6.07 Å². The first-order valence-corrected chi connectivity index (χ1v) is 6.40. The number of aromatic nitrogens is 4. The van der Waals surface area contributed by atoms with Gasteiger partial charge in [0, 0.05) is 29.8 Å². The number of anilines is 1. The fraction of sp³-hybridized carbons (Fsp3) is 0.133. The SMILES string of the molecule is CC(c1ccccn1)n1cncc1-c1cnccc1N. The number of hydrogen-bond acceptors (Lipinski definition) is 4. The maximum Gasteiger partial charge on any atom is 0.0957 e. The van der Waals surface area contributed by atoms with E-state index in [1.54, 1.807) is 37.2 Å². The molecule has 0 saturated heterocycles. The highest BCUT2D eigenvalue weighted by Crippen LogP contribution is 2.28. The molecule has 0 aliphatic carbocycles. The molecular weight excluding hydrogens is 250 g/mol. The first-order valence-electron chi connectivity index (χ1n) is 6.40. The van der Waals surface area contributed by atoms with Crippen LogP contribution in [0.1, 0.15) is 18.7 Å². The van der Waals surface area contributed by atoms with Gasteiger partial charge in [-0.3, -0.25) is 9.97 Å². The van der Waals surface area contributed by atoms with E-state index in [0.717, 1.165) is 17.0 Å². The monoisotopic (exact) mass is 265 g/mol. The molecule has 5 heteroatoms. The lowest BCUT2D eigenvalue weighted by Gasteiger charge is -2.16. The summed E-state index contributed by atoms with van der Waals surface area (Å²) >= 11 is 0. The Balaban J connectivity index is 2.05. The van der Waals surface area contributed by atoms with Crippen LogP contribution in [0, 0.1) is 0 Å². The molecule has 1 atom stereocenters. The topological polar surface area (TPSA) is 69.6 Å². The van der Waals surface area contributed by atoms with Crippen LogP contribution >= 0.6 is 0 Å². The Morgan fingerprint density at radius 1 is 1.10 bits per heavy atom. The first kappa shape index (κ1) is 12.3. The number of nitrogens with zero attached hydrogens (tertiary/aromatic N) is 4. The highest BCUT2D eigenvalue weighted by atomic mass is 15.1. The van der Waals surface area contributed by atoms with Gasteiger partial charge in [0.25, 0.3) is 0 Å². The van der Waals surface area contributed by atoms with Crippen molar-refractivity contribution in [2.75, 3.05) is 5.73 Å². The van der Waals surface area contributed by atoms with E-state index in [1.807, 2.05) is 18.2 Å². The number of hydrogen-bond donors (Lipinski definition) is 1. The molecule has 0 radical (unpaired) electrons. The molecule has 0 aliphatic rings. The van der Waals surface area contributed by atoms with Crippen molar-refractivity contribution in [2.24, 2.45) is 0 Å². The van der Waals surface area contributed by atoms with Gasteiger partial charge in [0.1, 0.15) is 0 Å². The van der Waals surface area contributed by atoms with Crippen molar-refractivity contribution in [2.45, 2.75) is 13.0 Å². The summed E-state index contributed by atoms with van der Waals surface area (Å²) in [6, 6.07) is 7.75. The average Bonchev–Trinajstić information content (AvgIpc) is 2.97. The summed E-state index contributed by atoms with van der Waals surface area (Å²) in [4.78, 5) is 12.8. The molecule has 0 bridgehead atoms. The van der Waals surface area contributed by atoms with Crippen molar-refractivity contribution < 1.29 is 0 Å². The number of imidazole rings is 1. The molecular formula is C15H15N5. The third kappa shape index (κ3) is 2.14. The van der Waals surface area contributed by atoms with E-state index in [4.69, 9.17) is 5.73 Å². The third-order valence-corrected chi connectivity index (χ3v) is 3.33. The summed E-state index contributed by atoms with van der Waals surface area (Å²) in [5.74, 6) is 0. The summed E-state index contributed by atoms with van der Waals surface area (Å²) in [7, 11) is 0. The lowest BCUT2D eigenvalue weighted by Crippen LogP contribution is -2.09. The van der Waals surface area contributed by atoms with Gasteiger partial charge in [0.2, 0.25) is 0 Å². The van der Waals surface area contributed by atoms with Gasteiger partial charge in [0.05, 0.1) is 30.0 Å². The molecule has 0 aromatic carbocycles. The van der Waals surface area contributed by atoms with Gasteiger partial charge >= 0.3 is 0 Å². The van der Waals surface area contributed by atoms with Crippen LogP contribution in [0.3, 0.4) is 0 Å². The minimum absolute atomic E-state index is 0.0771. The predicted octanol–water partition coefficient (Wildman–Crippen LogP) is 2.53. The Kier molecular flexibility index (Phi) is 3.16. The third-order valence-electron chi connectivity index (χ3n) is 3.33. The zero-order valence-electron chi connectivity index (χ0n) is 11.1. The second kappa shape index (κ2) is 5.13. The second-order valence-electron chi connectivity index (χ2n) is 4.58. The minimum Gasteiger partial charge on any atom is -0.398 e. The van der Waals surface area contributed by atoms with Crippen molar-refractivity contribution in [3.05, 3.63) is 61.1 Å². The van der Waals surface area contributed by atoms with Gasteiger partial charge < -0.3 is 10.3 Å². The largest absolute Gasteiger partial charge is 0.398 e. The van der Waals surface area contributed by atoms with E-state index in [1.165, 1.54) is 0 Å². The van der Waals surface area contributed by atoms with Gasteiger partial charge in [-0.05, 0) is 25.1 Å². The van der Waals surface area contributed by atoms with Crippen molar-refractivity contribution in [3.8, 4) is 11.3 Å². The molecule has 0 amide bonds. The van der Waals surface area contributed by atoms with Crippen molar-refractivity contribution in [3.63, 3.8) is 0 Å². The standard InChI is InChI=1S/C15H15N5/c1-11(14-4-2-3-6-19-14)20-10-18-9-15(20)12-8-17-7-5-13(12)16/h2-11H,1H3,(H2,16,17).